The van der Waals surface area contributed by atoms with Gasteiger partial charge in [-0.2, -0.15) is 0 Å². The third-order valence-corrected chi connectivity index (χ3v) is 4.32. The summed E-state index contributed by atoms with van der Waals surface area (Å²) in [6.45, 7) is 3.46. The average molecular weight is 327 g/mol. The fourth-order valence-corrected chi connectivity index (χ4v) is 2.70. The molecule has 0 saturated carbocycles. The Labute approximate surface area is 138 Å². The van der Waals surface area contributed by atoms with Crippen molar-refractivity contribution in [2.75, 3.05) is 18.0 Å². The molecule has 1 fully saturated rings. The van der Waals surface area contributed by atoms with Crippen LogP contribution in [-0.2, 0) is 0 Å². The Kier molecular flexibility index (Phi) is 3.50. The highest BCUT2D eigenvalue weighted by Crippen LogP contribution is 2.25. The number of anilines is 1. The molecule has 0 N–H and O–H groups in total. The van der Waals surface area contributed by atoms with Gasteiger partial charge in [-0.1, -0.05) is 29.8 Å². The maximum Gasteiger partial charge on any atom is 0.234 e. The normalized spacial score (nSPS) is 14.8. The van der Waals surface area contributed by atoms with Gasteiger partial charge in [0.05, 0.1) is 18.6 Å². The van der Waals surface area contributed by atoms with E-state index in [1.807, 2.05) is 37.3 Å². The van der Waals surface area contributed by atoms with E-state index in [1.165, 1.54) is 0 Å². The van der Waals surface area contributed by atoms with Crippen molar-refractivity contribution in [2.24, 2.45) is 0 Å². The van der Waals surface area contributed by atoms with Crippen molar-refractivity contribution in [1.82, 2.24) is 15.2 Å². The van der Waals surface area contributed by atoms with Gasteiger partial charge in [0.15, 0.2) is 5.15 Å². The lowest BCUT2D eigenvalue weighted by Gasteiger charge is -2.39. The Morgan fingerprint density at radius 3 is 2.78 bits per heavy atom. The van der Waals surface area contributed by atoms with Crippen molar-refractivity contribution in [3.8, 4) is 5.88 Å². The second-order valence-corrected chi connectivity index (χ2v) is 6.02. The van der Waals surface area contributed by atoms with Crippen molar-refractivity contribution < 1.29 is 4.74 Å². The van der Waals surface area contributed by atoms with Crippen LogP contribution in [0.5, 0.6) is 5.88 Å². The smallest absolute Gasteiger partial charge is 0.234 e. The summed E-state index contributed by atoms with van der Waals surface area (Å²) in [7, 11) is 0. The molecule has 0 aliphatic carbocycles. The number of hydrogen-bond acceptors (Lipinski definition) is 5. The van der Waals surface area contributed by atoms with Crippen LogP contribution in [0.25, 0.3) is 10.9 Å². The van der Waals surface area contributed by atoms with E-state index < -0.39 is 0 Å². The predicted octanol–water partition coefficient (Wildman–Crippen LogP) is 3.25. The minimum absolute atomic E-state index is 0.0955. The van der Waals surface area contributed by atoms with Crippen molar-refractivity contribution in [1.29, 1.82) is 0 Å². The van der Waals surface area contributed by atoms with Crippen LogP contribution in [0.2, 0.25) is 5.15 Å². The Bertz CT molecular complexity index is 864. The molecule has 3 heterocycles. The number of hydrogen-bond donors (Lipinski definition) is 0. The SMILES string of the molecule is Cc1cc(OC2CN(c3ccc4ccccc4n3)C2)nnc1Cl. The number of halogens is 1. The van der Waals surface area contributed by atoms with Gasteiger partial charge >= 0.3 is 0 Å². The van der Waals surface area contributed by atoms with Crippen molar-refractivity contribution >= 4 is 28.3 Å². The monoisotopic (exact) mass is 326 g/mol. The molecule has 23 heavy (non-hydrogen) atoms. The van der Waals surface area contributed by atoms with Crippen LogP contribution in [0.1, 0.15) is 5.56 Å². The first-order valence-electron chi connectivity index (χ1n) is 7.46. The van der Waals surface area contributed by atoms with Gasteiger partial charge in [-0.15, -0.1) is 10.2 Å². The molecule has 6 heteroatoms. The average Bonchev–Trinajstić information content (AvgIpc) is 2.53. The fourth-order valence-electron chi connectivity index (χ4n) is 2.61. The third kappa shape index (κ3) is 2.80. The second kappa shape index (κ2) is 5.66. The molecule has 5 nitrogen and oxygen atoms in total. The summed E-state index contributed by atoms with van der Waals surface area (Å²) in [6, 6.07) is 14.1. The minimum atomic E-state index is 0.0955. The van der Waals surface area contributed by atoms with Crippen LogP contribution in [0.4, 0.5) is 5.82 Å². The lowest BCUT2D eigenvalue weighted by Crippen LogP contribution is -2.54. The molecular formula is C17H15ClN4O. The summed E-state index contributed by atoms with van der Waals surface area (Å²) in [5.74, 6) is 1.49. The number of aryl methyl sites for hydroxylation is 1. The van der Waals surface area contributed by atoms with Gasteiger partial charge in [-0.25, -0.2) is 4.98 Å². The van der Waals surface area contributed by atoms with Crippen molar-refractivity contribution in [3.05, 3.63) is 53.2 Å². The van der Waals surface area contributed by atoms with Gasteiger partial charge in [0.25, 0.3) is 0 Å². The van der Waals surface area contributed by atoms with Crippen molar-refractivity contribution in [2.45, 2.75) is 13.0 Å². The largest absolute Gasteiger partial charge is 0.469 e. The summed E-state index contributed by atoms with van der Waals surface area (Å²) in [4.78, 5) is 6.88. The quantitative estimate of drug-likeness (QED) is 0.739. The maximum absolute atomic E-state index is 5.87. The van der Waals surface area contributed by atoms with Crippen LogP contribution in [0, 0.1) is 6.92 Å². The van der Waals surface area contributed by atoms with Gasteiger partial charge in [-0.05, 0) is 30.7 Å². The standard InChI is InChI=1S/C17H15ClN4O/c1-11-8-16(20-21-17(11)18)23-13-9-22(10-13)15-7-6-12-4-2-3-5-14(12)19-15/h2-8,13H,9-10H2,1H3. The number of benzene rings is 1. The predicted molar refractivity (Wildman–Crippen MR) is 90.2 cm³/mol. The summed E-state index contributed by atoms with van der Waals surface area (Å²) >= 11 is 5.87. The van der Waals surface area contributed by atoms with E-state index in [0.29, 0.717) is 11.0 Å². The van der Waals surface area contributed by atoms with E-state index in [1.54, 1.807) is 0 Å². The Hall–Kier alpha value is -2.40. The van der Waals surface area contributed by atoms with Crippen LogP contribution in [0.3, 0.4) is 0 Å². The second-order valence-electron chi connectivity index (χ2n) is 5.66. The van der Waals surface area contributed by atoms with E-state index in [4.69, 9.17) is 16.3 Å². The first-order chi connectivity index (χ1) is 11.2. The molecule has 0 atom stereocenters. The lowest BCUT2D eigenvalue weighted by molar-refractivity contribution is 0.158. The number of fused-ring (bicyclic) bond motifs is 1. The first kappa shape index (κ1) is 14.2. The van der Waals surface area contributed by atoms with E-state index in [9.17, 15) is 0 Å². The summed E-state index contributed by atoms with van der Waals surface area (Å²) in [6.07, 6.45) is 0.0955. The molecule has 1 aliphatic rings. The molecule has 0 bridgehead atoms. The zero-order valence-corrected chi connectivity index (χ0v) is 13.4. The maximum atomic E-state index is 5.87. The molecule has 0 unspecified atom stereocenters. The van der Waals surface area contributed by atoms with Gasteiger partial charge in [0, 0.05) is 11.5 Å². The molecule has 116 valence electrons. The topological polar surface area (TPSA) is 51.1 Å². The highest BCUT2D eigenvalue weighted by atomic mass is 35.5. The molecule has 0 spiro atoms. The van der Waals surface area contributed by atoms with Crippen LogP contribution in [-0.4, -0.2) is 34.4 Å². The Morgan fingerprint density at radius 2 is 1.96 bits per heavy atom. The number of ether oxygens (including phenoxy) is 1. The summed E-state index contributed by atoms with van der Waals surface area (Å²) in [5.41, 5.74) is 1.87. The number of pyridine rings is 1. The Morgan fingerprint density at radius 1 is 1.13 bits per heavy atom. The molecule has 0 amide bonds. The van der Waals surface area contributed by atoms with Gasteiger partial charge in [0.2, 0.25) is 5.88 Å². The van der Waals surface area contributed by atoms with Gasteiger partial charge < -0.3 is 9.64 Å². The highest BCUT2D eigenvalue weighted by molar-refractivity contribution is 6.30. The number of aromatic nitrogens is 3. The zero-order valence-electron chi connectivity index (χ0n) is 12.6. The molecule has 1 aliphatic heterocycles. The van der Waals surface area contributed by atoms with E-state index in [0.717, 1.165) is 35.4 Å². The van der Waals surface area contributed by atoms with Crippen molar-refractivity contribution in [3.63, 3.8) is 0 Å². The van der Waals surface area contributed by atoms with E-state index >= 15 is 0 Å². The first-order valence-corrected chi connectivity index (χ1v) is 7.84. The van der Waals surface area contributed by atoms with E-state index in [2.05, 4.69) is 32.2 Å². The third-order valence-electron chi connectivity index (χ3n) is 3.94. The number of rotatable bonds is 3. The molecule has 1 aromatic carbocycles. The van der Waals surface area contributed by atoms with Crippen LogP contribution >= 0.6 is 11.6 Å². The molecule has 0 radical (unpaired) electrons. The van der Waals surface area contributed by atoms with E-state index in [-0.39, 0.29) is 6.10 Å². The molecule has 3 aromatic rings. The fraction of sp³-hybridized carbons (Fsp3) is 0.235. The minimum Gasteiger partial charge on any atom is -0.469 e. The molecule has 2 aromatic heterocycles. The lowest BCUT2D eigenvalue weighted by atomic mass is 10.1. The van der Waals surface area contributed by atoms with Crippen LogP contribution in [0.15, 0.2) is 42.5 Å². The Balaban J connectivity index is 1.43. The summed E-state index contributed by atoms with van der Waals surface area (Å²) < 4.78 is 5.82. The number of nitrogens with zero attached hydrogens (tertiary/aromatic N) is 4. The van der Waals surface area contributed by atoms with Gasteiger partial charge in [0.1, 0.15) is 11.9 Å². The van der Waals surface area contributed by atoms with Gasteiger partial charge in [-0.3, -0.25) is 0 Å². The zero-order chi connectivity index (χ0) is 15.8. The number of para-hydroxylation sites is 1. The highest BCUT2D eigenvalue weighted by Gasteiger charge is 2.30. The molecular weight excluding hydrogens is 312 g/mol. The molecule has 1 saturated heterocycles. The van der Waals surface area contributed by atoms with Crippen LogP contribution < -0.4 is 9.64 Å². The molecule has 4 rings (SSSR count). The summed E-state index contributed by atoms with van der Waals surface area (Å²) in [5, 5.41) is 9.39.